The van der Waals surface area contributed by atoms with Gasteiger partial charge in [-0.2, -0.15) is 0 Å². The number of esters is 1. The number of benzene rings is 1. The molecule has 1 atom stereocenters. The van der Waals surface area contributed by atoms with E-state index in [1.54, 1.807) is 13.0 Å². The summed E-state index contributed by atoms with van der Waals surface area (Å²) in [4.78, 5) is 22.0. The van der Waals surface area contributed by atoms with Gasteiger partial charge in [-0.05, 0) is 48.9 Å². The third-order valence-corrected chi connectivity index (χ3v) is 3.40. The Labute approximate surface area is 117 Å². The lowest BCUT2D eigenvalue weighted by Crippen LogP contribution is -2.14. The van der Waals surface area contributed by atoms with Crippen molar-refractivity contribution in [3.8, 4) is 5.75 Å². The third-order valence-electron chi connectivity index (χ3n) is 3.40. The van der Waals surface area contributed by atoms with Crippen LogP contribution in [-0.2, 0) is 20.7 Å². The molecule has 0 radical (unpaired) electrons. The molecule has 1 aliphatic carbocycles. The van der Waals surface area contributed by atoms with Gasteiger partial charge in [-0.25, -0.2) is 4.79 Å². The lowest BCUT2D eigenvalue weighted by Gasteiger charge is -2.10. The van der Waals surface area contributed by atoms with Crippen LogP contribution >= 0.6 is 0 Å². The fraction of sp³-hybridized carbons (Fsp3) is 0.467. The number of carboxylic acid groups (broad SMARTS) is 1. The zero-order chi connectivity index (χ0) is 14.5. The molecule has 1 unspecified atom stereocenters. The van der Waals surface area contributed by atoms with Crippen LogP contribution in [0.1, 0.15) is 36.8 Å². The summed E-state index contributed by atoms with van der Waals surface area (Å²) in [5.74, 6) is -0.461. The largest absolute Gasteiger partial charge is 0.482 e. The van der Waals surface area contributed by atoms with Gasteiger partial charge in [0.05, 0.1) is 13.0 Å². The Morgan fingerprint density at radius 1 is 1.40 bits per heavy atom. The number of aliphatic carboxylic acids is 1. The summed E-state index contributed by atoms with van der Waals surface area (Å²) in [6.45, 7) is 1.98. The van der Waals surface area contributed by atoms with E-state index < -0.39 is 11.9 Å². The van der Waals surface area contributed by atoms with Crippen LogP contribution in [0.3, 0.4) is 0 Å². The number of hydrogen-bond acceptors (Lipinski definition) is 4. The first-order chi connectivity index (χ1) is 9.60. The van der Waals surface area contributed by atoms with Crippen molar-refractivity contribution in [1.82, 2.24) is 0 Å². The van der Waals surface area contributed by atoms with Gasteiger partial charge in [0.15, 0.2) is 6.61 Å². The molecule has 0 aromatic heterocycles. The quantitative estimate of drug-likeness (QED) is 0.807. The maximum absolute atomic E-state index is 11.2. The van der Waals surface area contributed by atoms with E-state index in [1.807, 2.05) is 12.1 Å². The van der Waals surface area contributed by atoms with Crippen LogP contribution in [0.2, 0.25) is 0 Å². The Balaban J connectivity index is 1.99. The number of aryl methyl sites for hydroxylation is 1. The summed E-state index contributed by atoms with van der Waals surface area (Å²) in [6.07, 6.45) is 1.86. The fourth-order valence-electron chi connectivity index (χ4n) is 2.54. The van der Waals surface area contributed by atoms with Gasteiger partial charge in [0.2, 0.25) is 0 Å². The van der Waals surface area contributed by atoms with Crippen molar-refractivity contribution >= 4 is 11.9 Å². The van der Waals surface area contributed by atoms with E-state index in [4.69, 9.17) is 14.6 Å². The predicted octanol–water partition coefficient (Wildman–Crippen LogP) is 2.13. The molecule has 0 amide bonds. The van der Waals surface area contributed by atoms with Crippen LogP contribution in [0.15, 0.2) is 18.2 Å². The minimum absolute atomic E-state index is 0.0848. The number of carbonyl (C=O) groups excluding carboxylic acids is 1. The van der Waals surface area contributed by atoms with Crippen molar-refractivity contribution < 1.29 is 24.2 Å². The summed E-state index contributed by atoms with van der Waals surface area (Å²) in [5, 5.41) is 8.87. The predicted molar refractivity (Wildman–Crippen MR) is 71.9 cm³/mol. The molecule has 0 fully saturated rings. The molecule has 1 aromatic rings. The molecular weight excluding hydrogens is 260 g/mol. The Morgan fingerprint density at radius 3 is 2.90 bits per heavy atom. The number of carbonyl (C=O) groups is 2. The van der Waals surface area contributed by atoms with Gasteiger partial charge in [0.1, 0.15) is 5.75 Å². The molecule has 1 N–H and O–H groups in total. The lowest BCUT2D eigenvalue weighted by atomic mass is 9.98. The normalized spacial score (nSPS) is 16.6. The standard InChI is InChI=1S/C15H18O5/c1-2-19-15(18)9-20-12-5-6-13-10(7-12)3-4-11(13)8-14(16)17/h5-7,11H,2-4,8-9H2,1H3,(H,16,17). The van der Waals surface area contributed by atoms with E-state index in [-0.39, 0.29) is 18.9 Å². The Morgan fingerprint density at radius 2 is 2.20 bits per heavy atom. The highest BCUT2D eigenvalue weighted by Gasteiger charge is 2.24. The topological polar surface area (TPSA) is 72.8 Å². The molecule has 1 aromatic carbocycles. The SMILES string of the molecule is CCOC(=O)COc1ccc2c(c1)CCC2CC(=O)O. The van der Waals surface area contributed by atoms with E-state index in [0.717, 1.165) is 24.0 Å². The van der Waals surface area contributed by atoms with E-state index in [2.05, 4.69) is 0 Å². The first kappa shape index (κ1) is 14.4. The van der Waals surface area contributed by atoms with Crippen molar-refractivity contribution in [1.29, 1.82) is 0 Å². The van der Waals surface area contributed by atoms with Gasteiger partial charge in [0, 0.05) is 0 Å². The zero-order valence-corrected chi connectivity index (χ0v) is 11.4. The summed E-state index contributed by atoms with van der Waals surface area (Å²) in [6, 6.07) is 5.56. The first-order valence-electron chi connectivity index (χ1n) is 6.73. The zero-order valence-electron chi connectivity index (χ0n) is 11.4. The van der Waals surface area contributed by atoms with Gasteiger partial charge < -0.3 is 14.6 Å². The van der Waals surface area contributed by atoms with E-state index in [1.165, 1.54) is 0 Å². The average molecular weight is 278 g/mol. The molecule has 108 valence electrons. The maximum Gasteiger partial charge on any atom is 0.344 e. The molecule has 20 heavy (non-hydrogen) atoms. The van der Waals surface area contributed by atoms with Crippen LogP contribution in [0, 0.1) is 0 Å². The summed E-state index contributed by atoms with van der Waals surface area (Å²) in [7, 11) is 0. The molecule has 0 spiro atoms. The number of hydrogen-bond donors (Lipinski definition) is 1. The molecule has 0 aliphatic heterocycles. The van der Waals surface area contributed by atoms with Gasteiger partial charge in [0.25, 0.3) is 0 Å². The minimum Gasteiger partial charge on any atom is -0.482 e. The highest BCUT2D eigenvalue weighted by atomic mass is 16.6. The monoisotopic (exact) mass is 278 g/mol. The minimum atomic E-state index is -0.773. The third kappa shape index (κ3) is 3.50. The second kappa shape index (κ2) is 6.41. The lowest BCUT2D eigenvalue weighted by molar-refractivity contribution is -0.145. The molecule has 5 nitrogen and oxygen atoms in total. The Hall–Kier alpha value is -2.04. The van der Waals surface area contributed by atoms with E-state index in [9.17, 15) is 9.59 Å². The summed E-state index contributed by atoms with van der Waals surface area (Å²) >= 11 is 0. The van der Waals surface area contributed by atoms with E-state index >= 15 is 0 Å². The van der Waals surface area contributed by atoms with E-state index in [0.29, 0.717) is 12.4 Å². The Bertz CT molecular complexity index is 509. The molecule has 0 bridgehead atoms. The van der Waals surface area contributed by atoms with Gasteiger partial charge in [-0.3, -0.25) is 4.79 Å². The number of ether oxygens (including phenoxy) is 2. The fourth-order valence-corrected chi connectivity index (χ4v) is 2.54. The second-order valence-electron chi connectivity index (χ2n) is 4.79. The Kier molecular flexibility index (Phi) is 4.61. The number of rotatable bonds is 6. The number of carboxylic acids is 1. The van der Waals surface area contributed by atoms with Gasteiger partial charge >= 0.3 is 11.9 Å². The molecule has 2 rings (SSSR count). The molecule has 0 heterocycles. The van der Waals surface area contributed by atoms with Crippen molar-refractivity contribution in [2.75, 3.05) is 13.2 Å². The molecule has 5 heteroatoms. The van der Waals surface area contributed by atoms with Crippen LogP contribution in [-0.4, -0.2) is 30.3 Å². The molecule has 1 aliphatic rings. The van der Waals surface area contributed by atoms with Crippen molar-refractivity contribution in [2.24, 2.45) is 0 Å². The van der Waals surface area contributed by atoms with Gasteiger partial charge in [-0.1, -0.05) is 6.07 Å². The van der Waals surface area contributed by atoms with Crippen LogP contribution in [0.25, 0.3) is 0 Å². The van der Waals surface area contributed by atoms with Crippen LogP contribution < -0.4 is 4.74 Å². The first-order valence-corrected chi connectivity index (χ1v) is 6.73. The van der Waals surface area contributed by atoms with Crippen LogP contribution in [0.5, 0.6) is 5.75 Å². The number of fused-ring (bicyclic) bond motifs is 1. The van der Waals surface area contributed by atoms with Crippen LogP contribution in [0.4, 0.5) is 0 Å². The summed E-state index contributed by atoms with van der Waals surface area (Å²) in [5.41, 5.74) is 2.19. The average Bonchev–Trinajstić information content (AvgIpc) is 2.79. The highest BCUT2D eigenvalue weighted by Crippen LogP contribution is 2.37. The van der Waals surface area contributed by atoms with Gasteiger partial charge in [-0.15, -0.1) is 0 Å². The van der Waals surface area contributed by atoms with Crippen molar-refractivity contribution in [3.63, 3.8) is 0 Å². The highest BCUT2D eigenvalue weighted by molar-refractivity contribution is 5.71. The molecule has 0 saturated heterocycles. The molecular formula is C15H18O5. The summed E-state index contributed by atoms with van der Waals surface area (Å²) < 4.78 is 10.2. The maximum atomic E-state index is 11.2. The van der Waals surface area contributed by atoms with Crippen molar-refractivity contribution in [3.05, 3.63) is 29.3 Å². The van der Waals surface area contributed by atoms with Crippen molar-refractivity contribution in [2.45, 2.75) is 32.1 Å². The molecule has 0 saturated carbocycles. The smallest absolute Gasteiger partial charge is 0.344 e. The second-order valence-corrected chi connectivity index (χ2v) is 4.79.